The van der Waals surface area contributed by atoms with E-state index in [1.54, 1.807) is 25.6 Å². The van der Waals surface area contributed by atoms with E-state index in [0.717, 1.165) is 28.3 Å². The molecule has 0 aliphatic rings. The van der Waals surface area contributed by atoms with Gasteiger partial charge in [0.15, 0.2) is 11.0 Å². The maximum absolute atomic E-state index is 12.4. The Hall–Kier alpha value is -4.44. The lowest BCUT2D eigenvalue weighted by molar-refractivity contribution is -0.118. The summed E-state index contributed by atoms with van der Waals surface area (Å²) in [4.78, 5) is 16.6. The molecule has 2 heterocycles. The second-order valence-electron chi connectivity index (χ2n) is 7.51. The Morgan fingerprint density at radius 1 is 1.11 bits per heavy atom. The van der Waals surface area contributed by atoms with E-state index in [0.29, 0.717) is 17.6 Å². The zero-order valence-electron chi connectivity index (χ0n) is 20.4. The predicted molar refractivity (Wildman–Crippen MR) is 145 cm³/mol. The van der Waals surface area contributed by atoms with Crippen molar-refractivity contribution in [1.29, 1.82) is 0 Å². The zero-order valence-corrected chi connectivity index (χ0v) is 21.3. The number of hydrazone groups is 1. The number of hydrogen-bond acceptors (Lipinski definition) is 8. The monoisotopic (exact) mass is 514 g/mol. The molecule has 2 aromatic heterocycles. The molecular formula is C27H26N6O3S. The Kier molecular flexibility index (Phi) is 9.03. The molecule has 0 bridgehead atoms. The molecule has 0 fully saturated rings. The first-order chi connectivity index (χ1) is 18.2. The van der Waals surface area contributed by atoms with E-state index < -0.39 is 0 Å². The molecule has 0 atom stereocenters. The van der Waals surface area contributed by atoms with Gasteiger partial charge in [0.05, 0.1) is 19.5 Å². The van der Waals surface area contributed by atoms with Gasteiger partial charge in [-0.1, -0.05) is 30.0 Å². The minimum absolute atomic E-state index is 0.107. The van der Waals surface area contributed by atoms with Crippen molar-refractivity contribution in [3.63, 3.8) is 0 Å². The molecule has 0 saturated carbocycles. The van der Waals surface area contributed by atoms with Crippen LogP contribution in [0.3, 0.4) is 0 Å². The summed E-state index contributed by atoms with van der Waals surface area (Å²) in [5.74, 6) is 1.99. The molecule has 4 rings (SSSR count). The molecule has 0 aliphatic heterocycles. The minimum atomic E-state index is -0.267. The molecule has 9 nitrogen and oxygen atoms in total. The number of ether oxygens (including phenoxy) is 2. The SMILES string of the molecule is CCOc1ccc(-n2c(SCC(=O)N/N=C/C=C/c3ccccc3OC)nnc2-c2cccnc2)cc1. The van der Waals surface area contributed by atoms with Gasteiger partial charge >= 0.3 is 0 Å². The summed E-state index contributed by atoms with van der Waals surface area (Å²) >= 11 is 1.26. The number of para-hydroxylation sites is 1. The fourth-order valence-corrected chi connectivity index (χ4v) is 4.15. The number of rotatable bonds is 11. The topological polar surface area (TPSA) is 104 Å². The van der Waals surface area contributed by atoms with E-state index in [9.17, 15) is 4.79 Å². The van der Waals surface area contributed by atoms with E-state index in [-0.39, 0.29) is 11.7 Å². The van der Waals surface area contributed by atoms with Gasteiger partial charge in [0.2, 0.25) is 0 Å². The first-order valence-electron chi connectivity index (χ1n) is 11.5. The van der Waals surface area contributed by atoms with Crippen molar-refractivity contribution in [2.75, 3.05) is 19.5 Å². The van der Waals surface area contributed by atoms with Gasteiger partial charge < -0.3 is 9.47 Å². The Bertz CT molecular complexity index is 1370. The Morgan fingerprint density at radius 2 is 1.95 bits per heavy atom. The summed E-state index contributed by atoms with van der Waals surface area (Å²) < 4.78 is 12.8. The fourth-order valence-electron chi connectivity index (χ4n) is 3.40. The highest BCUT2D eigenvalue weighted by molar-refractivity contribution is 7.99. The number of allylic oxidation sites excluding steroid dienone is 1. The van der Waals surface area contributed by atoms with Gasteiger partial charge in [-0.2, -0.15) is 5.10 Å². The molecule has 188 valence electrons. The zero-order chi connectivity index (χ0) is 25.9. The first-order valence-corrected chi connectivity index (χ1v) is 12.5. The predicted octanol–water partition coefficient (Wildman–Crippen LogP) is 4.64. The van der Waals surface area contributed by atoms with Gasteiger partial charge in [-0.15, -0.1) is 10.2 Å². The summed E-state index contributed by atoms with van der Waals surface area (Å²) in [6.07, 6.45) is 8.52. The number of nitrogens with zero attached hydrogens (tertiary/aromatic N) is 5. The molecule has 0 aliphatic carbocycles. The highest BCUT2D eigenvalue weighted by atomic mass is 32.2. The Labute approximate surface area is 219 Å². The van der Waals surface area contributed by atoms with Gasteiger partial charge in [-0.05, 0) is 61.5 Å². The summed E-state index contributed by atoms with van der Waals surface area (Å²) in [5.41, 5.74) is 5.10. The van der Waals surface area contributed by atoms with Crippen molar-refractivity contribution in [3.8, 4) is 28.6 Å². The average molecular weight is 515 g/mol. The summed E-state index contributed by atoms with van der Waals surface area (Å²) in [6.45, 7) is 2.52. The molecule has 0 radical (unpaired) electrons. The first kappa shape index (κ1) is 25.6. The van der Waals surface area contributed by atoms with Crippen molar-refractivity contribution >= 4 is 30.0 Å². The molecule has 10 heteroatoms. The van der Waals surface area contributed by atoms with Crippen LogP contribution in [0.1, 0.15) is 12.5 Å². The molecule has 37 heavy (non-hydrogen) atoms. The van der Waals surface area contributed by atoms with Crippen LogP contribution in [-0.2, 0) is 4.79 Å². The van der Waals surface area contributed by atoms with E-state index in [1.807, 2.05) is 78.2 Å². The normalized spacial score (nSPS) is 11.2. The number of benzene rings is 2. The quantitative estimate of drug-likeness (QED) is 0.177. The van der Waals surface area contributed by atoms with Crippen molar-refractivity contribution < 1.29 is 14.3 Å². The van der Waals surface area contributed by atoms with Crippen molar-refractivity contribution in [3.05, 3.63) is 84.7 Å². The third kappa shape index (κ3) is 6.83. The number of carbonyl (C=O) groups is 1. The smallest absolute Gasteiger partial charge is 0.250 e. The summed E-state index contributed by atoms with van der Waals surface area (Å²) in [5, 5.41) is 13.3. The van der Waals surface area contributed by atoms with Crippen LogP contribution in [0.25, 0.3) is 23.2 Å². The number of nitrogens with one attached hydrogen (secondary N) is 1. The summed E-state index contributed by atoms with van der Waals surface area (Å²) in [7, 11) is 1.62. The van der Waals surface area contributed by atoms with Crippen LogP contribution in [0.5, 0.6) is 11.5 Å². The summed E-state index contributed by atoms with van der Waals surface area (Å²) in [6, 6.07) is 19.0. The van der Waals surface area contributed by atoms with E-state index in [2.05, 4.69) is 25.7 Å². The van der Waals surface area contributed by atoms with Crippen LogP contribution in [0, 0.1) is 0 Å². The maximum Gasteiger partial charge on any atom is 0.250 e. The number of amides is 1. The number of thioether (sulfide) groups is 1. The number of methoxy groups -OCH3 is 1. The second kappa shape index (κ2) is 13.0. The second-order valence-corrected chi connectivity index (χ2v) is 8.46. The molecule has 1 amide bonds. The van der Waals surface area contributed by atoms with Crippen LogP contribution >= 0.6 is 11.8 Å². The van der Waals surface area contributed by atoms with E-state index in [1.165, 1.54) is 18.0 Å². The lowest BCUT2D eigenvalue weighted by Crippen LogP contribution is -2.19. The largest absolute Gasteiger partial charge is 0.496 e. The van der Waals surface area contributed by atoms with Crippen molar-refractivity contribution in [2.45, 2.75) is 12.1 Å². The van der Waals surface area contributed by atoms with E-state index in [4.69, 9.17) is 9.47 Å². The highest BCUT2D eigenvalue weighted by Gasteiger charge is 2.17. The maximum atomic E-state index is 12.4. The molecule has 4 aromatic rings. The Morgan fingerprint density at radius 3 is 2.70 bits per heavy atom. The van der Waals surface area contributed by atoms with Gasteiger partial charge in [-0.25, -0.2) is 5.43 Å². The fraction of sp³-hybridized carbons (Fsp3) is 0.148. The van der Waals surface area contributed by atoms with Crippen molar-refractivity contribution in [1.82, 2.24) is 25.2 Å². The molecule has 0 unspecified atom stereocenters. The third-order valence-corrected chi connectivity index (χ3v) is 5.98. The standard InChI is InChI=1S/C27H26N6O3S/c1-3-36-23-14-12-22(13-15-23)33-26(21-10-6-16-28-18-21)31-32-27(33)37-19-25(34)30-29-17-7-9-20-8-4-5-11-24(20)35-2/h4-18H,3,19H2,1-2H3,(H,30,34)/b9-7+,29-17+. The van der Waals surface area contributed by atoms with Crippen LogP contribution in [0.15, 0.2) is 89.4 Å². The average Bonchev–Trinajstić information content (AvgIpc) is 3.37. The number of pyridine rings is 1. The van der Waals surface area contributed by atoms with E-state index >= 15 is 0 Å². The van der Waals surface area contributed by atoms with Crippen molar-refractivity contribution in [2.24, 2.45) is 5.10 Å². The number of hydrogen-bond donors (Lipinski definition) is 1. The Balaban J connectivity index is 1.43. The van der Waals surface area contributed by atoms with Crippen LogP contribution in [0.4, 0.5) is 0 Å². The number of aromatic nitrogens is 4. The molecule has 2 aromatic carbocycles. The molecular weight excluding hydrogens is 488 g/mol. The lowest BCUT2D eigenvalue weighted by atomic mass is 10.2. The van der Waals surface area contributed by atoms with Gasteiger partial charge in [0.1, 0.15) is 11.5 Å². The highest BCUT2D eigenvalue weighted by Crippen LogP contribution is 2.28. The molecule has 1 N–H and O–H groups in total. The molecule has 0 saturated heterocycles. The lowest BCUT2D eigenvalue weighted by Gasteiger charge is -2.11. The van der Waals surface area contributed by atoms with Crippen LogP contribution in [0.2, 0.25) is 0 Å². The number of carbonyl (C=O) groups excluding carboxylic acids is 1. The van der Waals surface area contributed by atoms with Gasteiger partial charge in [0, 0.05) is 35.4 Å². The van der Waals surface area contributed by atoms with Crippen LogP contribution < -0.4 is 14.9 Å². The minimum Gasteiger partial charge on any atom is -0.496 e. The third-order valence-electron chi connectivity index (χ3n) is 5.06. The molecule has 0 spiro atoms. The van der Waals surface area contributed by atoms with Gasteiger partial charge in [-0.3, -0.25) is 14.3 Å². The van der Waals surface area contributed by atoms with Gasteiger partial charge in [0.25, 0.3) is 5.91 Å². The van der Waals surface area contributed by atoms with Crippen LogP contribution in [-0.4, -0.2) is 51.3 Å².